The van der Waals surface area contributed by atoms with Crippen molar-refractivity contribution >= 4 is 11.9 Å². The highest BCUT2D eigenvalue weighted by atomic mass is 16.5. The molecule has 0 aromatic heterocycles. The van der Waals surface area contributed by atoms with Gasteiger partial charge in [0.25, 0.3) is 0 Å². The second-order valence-corrected chi connectivity index (χ2v) is 4.97. The van der Waals surface area contributed by atoms with Crippen LogP contribution in [0.25, 0.3) is 0 Å². The van der Waals surface area contributed by atoms with Crippen LogP contribution in [0.15, 0.2) is 12.7 Å². The molecule has 0 spiro atoms. The summed E-state index contributed by atoms with van der Waals surface area (Å²) in [7, 11) is 2.48. The van der Waals surface area contributed by atoms with Gasteiger partial charge >= 0.3 is 11.9 Å². The van der Waals surface area contributed by atoms with Gasteiger partial charge in [0.2, 0.25) is 0 Å². The Morgan fingerprint density at radius 2 is 1.78 bits per heavy atom. The molecule has 0 saturated heterocycles. The minimum absolute atomic E-state index is 0.156. The summed E-state index contributed by atoms with van der Waals surface area (Å²) in [4.78, 5) is 23.8. The maximum Gasteiger partial charge on any atom is 0.323 e. The molecule has 5 nitrogen and oxygen atoms in total. The van der Waals surface area contributed by atoms with Crippen LogP contribution < -0.4 is 0 Å². The van der Waals surface area contributed by atoms with Crippen LogP contribution in [0, 0.1) is 11.3 Å². The zero-order valence-corrected chi connectivity index (χ0v) is 11.1. The van der Waals surface area contributed by atoms with Crippen LogP contribution in [0.2, 0.25) is 0 Å². The first kappa shape index (κ1) is 14.7. The van der Waals surface area contributed by atoms with Gasteiger partial charge in [-0.25, -0.2) is 0 Å². The molecule has 5 heteroatoms. The molecular weight excluding hydrogens is 236 g/mol. The lowest BCUT2D eigenvalue weighted by molar-refractivity contribution is -0.177. The summed E-state index contributed by atoms with van der Waals surface area (Å²) in [5.41, 5.74) is -2.29. The van der Waals surface area contributed by atoms with E-state index in [1.807, 2.05) is 0 Å². The normalized spacial score (nSPS) is 30.3. The van der Waals surface area contributed by atoms with E-state index in [1.165, 1.54) is 14.2 Å². The van der Waals surface area contributed by atoms with E-state index < -0.39 is 23.0 Å². The van der Waals surface area contributed by atoms with Crippen molar-refractivity contribution in [1.82, 2.24) is 0 Å². The number of hydrogen-bond acceptors (Lipinski definition) is 5. The number of hydrogen-bond donors (Lipinski definition) is 1. The maximum atomic E-state index is 11.9. The highest BCUT2D eigenvalue weighted by Crippen LogP contribution is 2.46. The smallest absolute Gasteiger partial charge is 0.323 e. The van der Waals surface area contributed by atoms with Gasteiger partial charge in [-0.2, -0.15) is 0 Å². The van der Waals surface area contributed by atoms with Crippen LogP contribution in [-0.4, -0.2) is 36.9 Å². The van der Waals surface area contributed by atoms with Gasteiger partial charge < -0.3 is 14.6 Å². The van der Waals surface area contributed by atoms with Gasteiger partial charge in [-0.3, -0.25) is 9.59 Å². The molecule has 1 rings (SSSR count). The Labute approximate surface area is 107 Å². The monoisotopic (exact) mass is 256 g/mol. The molecule has 2 atom stereocenters. The largest absolute Gasteiger partial charge is 0.468 e. The van der Waals surface area contributed by atoms with E-state index in [9.17, 15) is 14.7 Å². The number of ether oxygens (including phenoxy) is 2. The zero-order chi connectivity index (χ0) is 14.0. The van der Waals surface area contributed by atoms with Gasteiger partial charge in [-0.1, -0.05) is 6.08 Å². The molecule has 1 N–H and O–H groups in total. The van der Waals surface area contributed by atoms with Crippen molar-refractivity contribution < 1.29 is 24.2 Å². The lowest BCUT2D eigenvalue weighted by atomic mass is 9.63. The number of carbonyl (C=O) groups is 2. The molecule has 18 heavy (non-hydrogen) atoms. The fraction of sp³-hybridized carbons (Fsp3) is 0.692. The summed E-state index contributed by atoms with van der Waals surface area (Å²) >= 11 is 0. The molecule has 0 aromatic carbocycles. The van der Waals surface area contributed by atoms with Gasteiger partial charge in [-0.15, -0.1) is 6.58 Å². The van der Waals surface area contributed by atoms with E-state index in [0.29, 0.717) is 6.42 Å². The van der Waals surface area contributed by atoms with Crippen LogP contribution >= 0.6 is 0 Å². The van der Waals surface area contributed by atoms with Crippen molar-refractivity contribution in [2.75, 3.05) is 14.2 Å². The van der Waals surface area contributed by atoms with E-state index in [4.69, 9.17) is 9.47 Å². The summed E-state index contributed by atoms with van der Waals surface area (Å²) in [6, 6.07) is 0. The number of aliphatic hydroxyl groups is 1. The summed E-state index contributed by atoms with van der Waals surface area (Å²) < 4.78 is 9.44. The Hall–Kier alpha value is -1.36. The van der Waals surface area contributed by atoms with E-state index >= 15 is 0 Å². The van der Waals surface area contributed by atoms with Gasteiger partial charge in [0.15, 0.2) is 5.41 Å². The van der Waals surface area contributed by atoms with Crippen molar-refractivity contribution in [3.05, 3.63) is 12.7 Å². The molecular formula is C13H20O5. The molecule has 0 aromatic rings. The van der Waals surface area contributed by atoms with E-state index in [1.54, 1.807) is 13.0 Å². The second kappa shape index (κ2) is 5.10. The van der Waals surface area contributed by atoms with Crippen LogP contribution in [0.5, 0.6) is 0 Å². The second-order valence-electron chi connectivity index (χ2n) is 4.97. The molecule has 1 fully saturated rings. The fourth-order valence-corrected chi connectivity index (χ4v) is 2.53. The van der Waals surface area contributed by atoms with Crippen molar-refractivity contribution in [2.24, 2.45) is 11.3 Å². The topological polar surface area (TPSA) is 72.8 Å². The quantitative estimate of drug-likeness (QED) is 0.464. The van der Waals surface area contributed by atoms with E-state index in [2.05, 4.69) is 6.58 Å². The van der Waals surface area contributed by atoms with Gasteiger partial charge in [0.1, 0.15) is 0 Å². The average molecular weight is 256 g/mol. The maximum absolute atomic E-state index is 11.9. The van der Waals surface area contributed by atoms with Crippen LogP contribution in [0.4, 0.5) is 0 Å². The van der Waals surface area contributed by atoms with Crippen molar-refractivity contribution in [1.29, 1.82) is 0 Å². The SMILES string of the molecule is C=C[C@@H]1CC(C(=O)OC)(C(=O)OC)CC[C@]1(C)O. The third kappa shape index (κ3) is 2.27. The van der Waals surface area contributed by atoms with Crippen molar-refractivity contribution in [2.45, 2.75) is 31.8 Å². The Morgan fingerprint density at radius 3 is 2.17 bits per heavy atom. The van der Waals surface area contributed by atoms with Gasteiger partial charge in [0, 0.05) is 5.92 Å². The fourth-order valence-electron chi connectivity index (χ4n) is 2.53. The molecule has 0 unspecified atom stereocenters. The summed E-state index contributed by atoms with van der Waals surface area (Å²) in [5, 5.41) is 10.2. The molecule has 0 radical (unpaired) electrons. The molecule has 1 aliphatic carbocycles. The Morgan fingerprint density at radius 1 is 1.28 bits per heavy atom. The first-order valence-electron chi connectivity index (χ1n) is 5.86. The molecule has 0 amide bonds. The van der Waals surface area contributed by atoms with Crippen molar-refractivity contribution in [3.63, 3.8) is 0 Å². The Balaban J connectivity index is 3.12. The molecule has 0 heterocycles. The van der Waals surface area contributed by atoms with Crippen LogP contribution in [0.3, 0.4) is 0 Å². The van der Waals surface area contributed by atoms with Crippen LogP contribution in [0.1, 0.15) is 26.2 Å². The standard InChI is InChI=1S/C13H20O5/c1-5-9-8-13(10(14)17-3,11(15)18-4)7-6-12(9,2)16/h5,9,16H,1,6-8H2,2-4H3/t9-,12+/m1/s1. The highest BCUT2D eigenvalue weighted by molar-refractivity contribution is 6.00. The number of rotatable bonds is 3. The number of carbonyl (C=O) groups excluding carboxylic acids is 2. The van der Waals surface area contributed by atoms with Gasteiger partial charge in [0.05, 0.1) is 19.8 Å². The predicted molar refractivity (Wildman–Crippen MR) is 64.6 cm³/mol. The average Bonchev–Trinajstić information content (AvgIpc) is 2.37. The minimum Gasteiger partial charge on any atom is -0.468 e. The zero-order valence-electron chi connectivity index (χ0n) is 11.1. The molecule has 1 saturated carbocycles. The third-order valence-electron chi connectivity index (χ3n) is 3.86. The molecule has 0 bridgehead atoms. The third-order valence-corrected chi connectivity index (χ3v) is 3.86. The molecule has 102 valence electrons. The van der Waals surface area contributed by atoms with Crippen molar-refractivity contribution in [3.8, 4) is 0 Å². The van der Waals surface area contributed by atoms with E-state index in [-0.39, 0.29) is 18.8 Å². The summed E-state index contributed by atoms with van der Waals surface area (Å²) in [6.07, 6.45) is 2.25. The lowest BCUT2D eigenvalue weighted by Crippen LogP contribution is -2.51. The Kier molecular flexibility index (Phi) is 4.16. The van der Waals surface area contributed by atoms with Crippen LogP contribution in [-0.2, 0) is 19.1 Å². The van der Waals surface area contributed by atoms with E-state index in [0.717, 1.165) is 0 Å². The summed E-state index contributed by atoms with van der Waals surface area (Å²) in [5.74, 6) is -1.59. The molecule has 0 aliphatic heterocycles. The first-order chi connectivity index (χ1) is 8.34. The first-order valence-corrected chi connectivity index (χ1v) is 5.86. The van der Waals surface area contributed by atoms with Gasteiger partial charge in [-0.05, 0) is 26.2 Å². The molecule has 1 aliphatic rings. The summed E-state index contributed by atoms with van der Waals surface area (Å²) in [6.45, 7) is 5.33. The number of methoxy groups -OCH3 is 2. The predicted octanol–water partition coefficient (Wildman–Crippen LogP) is 1.06. The minimum atomic E-state index is -1.33. The highest BCUT2D eigenvalue weighted by Gasteiger charge is 2.55. The number of esters is 2. The lowest BCUT2D eigenvalue weighted by Gasteiger charge is -2.43. The Bertz CT molecular complexity index is 342.